The summed E-state index contributed by atoms with van der Waals surface area (Å²) in [7, 11) is 1.85. The Morgan fingerprint density at radius 2 is 2.00 bits per heavy atom. The molecule has 0 aliphatic rings. The van der Waals surface area contributed by atoms with Crippen LogP contribution < -0.4 is 4.72 Å². The summed E-state index contributed by atoms with van der Waals surface area (Å²) in [5.74, 6) is 1.17. The molecule has 1 aromatic carbocycles. The second-order valence-electron chi connectivity index (χ2n) is 7.32. The Balaban J connectivity index is 1.94. The molecule has 166 valence electrons. The van der Waals surface area contributed by atoms with E-state index in [1.807, 2.05) is 28.5 Å². The molecule has 0 saturated heterocycles. The fourth-order valence-corrected chi connectivity index (χ4v) is 4.31. The molecule has 0 amide bonds. The highest BCUT2D eigenvalue weighted by Crippen LogP contribution is 2.38. The number of aryl methyl sites for hydroxylation is 1. The van der Waals surface area contributed by atoms with Crippen molar-refractivity contribution in [3.05, 3.63) is 51.8 Å². The van der Waals surface area contributed by atoms with E-state index < -0.39 is 16.9 Å². The zero-order valence-corrected chi connectivity index (χ0v) is 20.0. The number of anilines is 1. The van der Waals surface area contributed by atoms with Gasteiger partial charge in [-0.05, 0) is 52.5 Å². The van der Waals surface area contributed by atoms with Gasteiger partial charge in [0.1, 0.15) is 5.82 Å². The smallest absolute Gasteiger partial charge is 0.586 e. The molecule has 0 bridgehead atoms. The number of imidazole rings is 1. The summed E-state index contributed by atoms with van der Waals surface area (Å²) in [4.78, 5) is 9.07. The third-order valence-corrected chi connectivity index (χ3v) is 6.11. The first-order valence-electron chi connectivity index (χ1n) is 9.19. The number of rotatable bonds is 6. The van der Waals surface area contributed by atoms with E-state index in [1.165, 1.54) is 6.07 Å². The maximum atomic E-state index is 12.6. The second kappa shape index (κ2) is 9.40. The van der Waals surface area contributed by atoms with Gasteiger partial charge in [0.2, 0.25) is 0 Å². The minimum atomic E-state index is -4.89. The van der Waals surface area contributed by atoms with Crippen LogP contribution in [-0.4, -0.2) is 24.6 Å². The average Bonchev–Trinajstić information content (AvgIpc) is 3.04. The number of halogens is 5. The number of hydrogen-bond acceptors (Lipinski definition) is 4. The number of benzene rings is 1. The molecule has 0 radical (unpaired) electrons. The highest BCUT2D eigenvalue weighted by atomic mass is 79.9. The standard InChI is InChI=1S/C20H19BrClF3N4OS/c1-11(2)6-13-7-12(4-5-26-13)19-27-18(10-29(19)3)14-8-15(21)17(9-16(14)22)28-31(30)20(23,24)25/h4-5,7-11,28H,6H2,1-3H3. The normalized spacial score (nSPS) is 13.0. The number of nitrogens with one attached hydrogen (secondary N) is 1. The van der Waals surface area contributed by atoms with Crippen molar-refractivity contribution in [2.75, 3.05) is 4.72 Å². The van der Waals surface area contributed by atoms with Gasteiger partial charge in [-0.1, -0.05) is 25.4 Å². The van der Waals surface area contributed by atoms with E-state index in [1.54, 1.807) is 18.5 Å². The minimum absolute atomic E-state index is 0.0342. The van der Waals surface area contributed by atoms with E-state index in [0.29, 0.717) is 23.0 Å². The van der Waals surface area contributed by atoms with Crippen LogP contribution in [0.5, 0.6) is 0 Å². The minimum Gasteiger partial charge on any atom is -0.586 e. The van der Waals surface area contributed by atoms with Gasteiger partial charge in [0.05, 0.1) is 16.4 Å². The largest absolute Gasteiger partial charge is 0.598 e. The van der Waals surface area contributed by atoms with Gasteiger partial charge in [0.15, 0.2) is 11.4 Å². The Morgan fingerprint density at radius 3 is 2.65 bits per heavy atom. The lowest BCUT2D eigenvalue weighted by Gasteiger charge is -2.15. The zero-order chi connectivity index (χ0) is 22.9. The van der Waals surface area contributed by atoms with Crippen molar-refractivity contribution < 1.29 is 17.7 Å². The van der Waals surface area contributed by atoms with E-state index in [2.05, 4.69) is 39.7 Å². The lowest BCUT2D eigenvalue weighted by molar-refractivity contribution is -0.0428. The second-order valence-corrected chi connectivity index (χ2v) is 9.79. The Labute approximate surface area is 194 Å². The molecule has 5 nitrogen and oxygen atoms in total. The van der Waals surface area contributed by atoms with E-state index in [0.717, 1.165) is 17.7 Å². The maximum Gasteiger partial charge on any atom is 0.598 e. The summed E-state index contributed by atoms with van der Waals surface area (Å²) in [5, 5.41) is 0.171. The van der Waals surface area contributed by atoms with Crippen LogP contribution in [0.4, 0.5) is 18.9 Å². The topological polar surface area (TPSA) is 65.8 Å². The molecular weight excluding hydrogens is 517 g/mol. The van der Waals surface area contributed by atoms with Crippen LogP contribution in [-0.2, 0) is 24.8 Å². The molecule has 11 heteroatoms. The summed E-state index contributed by atoms with van der Waals surface area (Å²) < 4.78 is 53.2. The summed E-state index contributed by atoms with van der Waals surface area (Å²) in [6.07, 6.45) is 4.37. The summed E-state index contributed by atoms with van der Waals surface area (Å²) in [5.41, 5.74) is -1.99. The molecule has 0 aliphatic carbocycles. The number of pyridine rings is 1. The van der Waals surface area contributed by atoms with Gasteiger partial charge in [-0.3, -0.25) is 4.98 Å². The molecule has 0 aliphatic heterocycles. The molecule has 0 saturated carbocycles. The first-order chi connectivity index (χ1) is 14.5. The molecule has 1 unspecified atom stereocenters. The van der Waals surface area contributed by atoms with Crippen molar-refractivity contribution in [1.82, 2.24) is 14.5 Å². The van der Waals surface area contributed by atoms with Crippen LogP contribution in [0, 0.1) is 5.92 Å². The number of hydrogen-bond donors (Lipinski definition) is 1. The monoisotopic (exact) mass is 534 g/mol. The zero-order valence-electron chi connectivity index (χ0n) is 16.8. The third-order valence-electron chi connectivity index (χ3n) is 4.31. The van der Waals surface area contributed by atoms with E-state index in [-0.39, 0.29) is 15.2 Å². The quantitative estimate of drug-likeness (QED) is 0.373. The Hall–Kier alpha value is -1.75. The van der Waals surface area contributed by atoms with Crippen LogP contribution in [0.3, 0.4) is 0 Å². The molecule has 0 spiro atoms. The Morgan fingerprint density at radius 1 is 1.29 bits per heavy atom. The number of nitrogens with zero attached hydrogens (tertiary/aromatic N) is 3. The fraction of sp³-hybridized carbons (Fsp3) is 0.300. The van der Waals surface area contributed by atoms with Crippen molar-refractivity contribution >= 4 is 44.6 Å². The highest BCUT2D eigenvalue weighted by Gasteiger charge is 2.46. The van der Waals surface area contributed by atoms with E-state index in [9.17, 15) is 17.7 Å². The fourth-order valence-electron chi connectivity index (χ4n) is 2.99. The third kappa shape index (κ3) is 5.74. The van der Waals surface area contributed by atoms with Gasteiger partial charge in [-0.25, -0.2) is 4.98 Å². The van der Waals surface area contributed by atoms with E-state index in [4.69, 9.17) is 11.6 Å². The molecular formula is C20H19BrClF3N4OS. The summed E-state index contributed by atoms with van der Waals surface area (Å²) in [6, 6.07) is 6.68. The van der Waals surface area contributed by atoms with Crippen LogP contribution in [0.15, 0.2) is 41.1 Å². The van der Waals surface area contributed by atoms with Gasteiger partial charge in [-0.15, -0.1) is 13.2 Å². The molecule has 3 rings (SSSR count). The van der Waals surface area contributed by atoms with Crippen LogP contribution in [0.2, 0.25) is 5.02 Å². The first-order valence-corrected chi connectivity index (χ1v) is 11.5. The molecule has 1 atom stereocenters. The number of aromatic nitrogens is 3. The van der Waals surface area contributed by atoms with Crippen molar-refractivity contribution in [2.45, 2.75) is 25.8 Å². The van der Waals surface area contributed by atoms with Crippen LogP contribution >= 0.6 is 27.5 Å². The Bertz CT molecular complexity index is 1090. The molecule has 0 fully saturated rings. The Kier molecular flexibility index (Phi) is 7.25. The van der Waals surface area contributed by atoms with Gasteiger partial charge in [-0.2, -0.15) is 4.72 Å². The van der Waals surface area contributed by atoms with Crippen LogP contribution in [0.25, 0.3) is 22.6 Å². The SMILES string of the molecule is CC(C)Cc1cc(-c2nc(-c3cc(Br)c(N[S+]([O-])C(F)(F)F)cc3Cl)cn2C)ccn1. The molecule has 2 heterocycles. The maximum absolute atomic E-state index is 12.6. The summed E-state index contributed by atoms with van der Waals surface area (Å²) >= 11 is 6.28. The van der Waals surface area contributed by atoms with Crippen LogP contribution in [0.1, 0.15) is 19.5 Å². The summed E-state index contributed by atoms with van der Waals surface area (Å²) in [6.45, 7) is 4.24. The van der Waals surface area contributed by atoms with Crippen molar-refractivity contribution in [3.8, 4) is 22.6 Å². The molecule has 1 N–H and O–H groups in total. The van der Waals surface area contributed by atoms with Crippen molar-refractivity contribution in [1.29, 1.82) is 0 Å². The highest BCUT2D eigenvalue weighted by molar-refractivity contribution is 9.10. The first kappa shape index (κ1) is 23.9. The van der Waals surface area contributed by atoms with E-state index >= 15 is 0 Å². The van der Waals surface area contributed by atoms with Crippen molar-refractivity contribution in [2.24, 2.45) is 13.0 Å². The van der Waals surface area contributed by atoms with Gasteiger partial charge in [0, 0.05) is 40.7 Å². The predicted octanol–water partition coefficient (Wildman–Crippen LogP) is 6.36. The molecule has 3 aromatic rings. The number of alkyl halides is 3. The predicted molar refractivity (Wildman–Crippen MR) is 121 cm³/mol. The average molecular weight is 536 g/mol. The van der Waals surface area contributed by atoms with Gasteiger partial charge in [0.25, 0.3) is 0 Å². The van der Waals surface area contributed by atoms with Gasteiger partial charge >= 0.3 is 5.51 Å². The lowest BCUT2D eigenvalue weighted by atomic mass is 10.1. The van der Waals surface area contributed by atoms with Crippen molar-refractivity contribution in [3.63, 3.8) is 0 Å². The molecule has 31 heavy (non-hydrogen) atoms. The lowest BCUT2D eigenvalue weighted by Crippen LogP contribution is -2.30. The van der Waals surface area contributed by atoms with Gasteiger partial charge < -0.3 is 9.12 Å². The molecule has 2 aromatic heterocycles.